The second kappa shape index (κ2) is 2.73. The summed E-state index contributed by atoms with van der Waals surface area (Å²) in [6.45, 7) is -0.204. The van der Waals surface area contributed by atoms with Crippen LogP contribution in [0.2, 0.25) is 0 Å². The molecule has 1 N–H and O–H groups in total. The smallest absolute Gasteiger partial charge is 0.148 e. The van der Waals surface area contributed by atoms with E-state index in [0.29, 0.717) is 12.8 Å². The Bertz CT molecular complexity index is 316. The number of rotatable bonds is 2. The molecule has 1 aliphatic carbocycles. The summed E-state index contributed by atoms with van der Waals surface area (Å²) in [5.74, 6) is -1.32. The van der Waals surface area contributed by atoms with E-state index in [1.165, 1.54) is 0 Å². The first-order valence-corrected chi connectivity index (χ1v) is 4.10. The van der Waals surface area contributed by atoms with Gasteiger partial charge >= 0.3 is 0 Å². The highest BCUT2D eigenvalue weighted by molar-refractivity contribution is 5.32. The first-order chi connectivity index (χ1) is 6.19. The van der Waals surface area contributed by atoms with E-state index in [1.807, 2.05) is 0 Å². The molecule has 13 heavy (non-hydrogen) atoms. The van der Waals surface area contributed by atoms with Gasteiger partial charge in [-0.1, -0.05) is 0 Å². The van der Waals surface area contributed by atoms with Crippen LogP contribution in [0.5, 0.6) is 0 Å². The molecule has 1 heterocycles. The van der Waals surface area contributed by atoms with Crippen molar-refractivity contribution >= 4 is 0 Å². The van der Waals surface area contributed by atoms with Gasteiger partial charge in [-0.2, -0.15) is 0 Å². The maximum atomic E-state index is 13.2. The standard InChI is InChI=1S/C9H9F2NO/c10-6-3-12-4-7(11)8(6)9(5-13)1-2-9/h3-4,13H,1-2,5H2. The van der Waals surface area contributed by atoms with Crippen LogP contribution in [0.15, 0.2) is 12.4 Å². The highest BCUT2D eigenvalue weighted by atomic mass is 19.1. The molecule has 0 spiro atoms. The van der Waals surface area contributed by atoms with E-state index in [-0.39, 0.29) is 12.2 Å². The summed E-state index contributed by atoms with van der Waals surface area (Å²) < 4.78 is 26.3. The van der Waals surface area contributed by atoms with Crippen LogP contribution in [-0.2, 0) is 5.41 Å². The van der Waals surface area contributed by atoms with Gasteiger partial charge < -0.3 is 5.11 Å². The summed E-state index contributed by atoms with van der Waals surface area (Å²) in [6, 6.07) is 0. The SMILES string of the molecule is OCC1(c2c(F)cncc2F)CC1. The zero-order chi connectivity index (χ0) is 9.47. The molecular weight excluding hydrogens is 176 g/mol. The number of hydrogen-bond donors (Lipinski definition) is 1. The number of aliphatic hydroxyl groups excluding tert-OH is 1. The van der Waals surface area contributed by atoms with Crippen LogP contribution in [0.25, 0.3) is 0 Å². The van der Waals surface area contributed by atoms with Gasteiger partial charge in [0.05, 0.1) is 19.0 Å². The predicted molar refractivity (Wildman–Crippen MR) is 42.2 cm³/mol. The molecule has 0 aliphatic heterocycles. The van der Waals surface area contributed by atoms with Crippen molar-refractivity contribution in [1.29, 1.82) is 0 Å². The molecule has 1 fully saturated rings. The van der Waals surface area contributed by atoms with Gasteiger partial charge in [0, 0.05) is 11.0 Å². The fourth-order valence-corrected chi connectivity index (χ4v) is 1.56. The Balaban J connectivity index is 2.50. The third kappa shape index (κ3) is 1.21. The van der Waals surface area contributed by atoms with Gasteiger partial charge in [-0.15, -0.1) is 0 Å². The lowest BCUT2D eigenvalue weighted by Crippen LogP contribution is -2.16. The van der Waals surface area contributed by atoms with Crippen LogP contribution in [0.4, 0.5) is 8.78 Å². The molecule has 1 aromatic heterocycles. The maximum absolute atomic E-state index is 13.2. The number of aromatic nitrogens is 1. The number of aliphatic hydroxyl groups is 1. The van der Waals surface area contributed by atoms with Crippen molar-refractivity contribution < 1.29 is 13.9 Å². The van der Waals surface area contributed by atoms with E-state index in [0.717, 1.165) is 12.4 Å². The minimum Gasteiger partial charge on any atom is -0.395 e. The molecule has 1 saturated carbocycles. The lowest BCUT2D eigenvalue weighted by molar-refractivity contribution is 0.248. The van der Waals surface area contributed by atoms with Crippen molar-refractivity contribution in [3.63, 3.8) is 0 Å². The van der Waals surface area contributed by atoms with Crippen molar-refractivity contribution in [2.24, 2.45) is 0 Å². The lowest BCUT2D eigenvalue weighted by Gasteiger charge is -2.13. The molecule has 4 heteroatoms. The monoisotopic (exact) mass is 185 g/mol. The summed E-state index contributed by atoms with van der Waals surface area (Å²) in [6.07, 6.45) is 3.24. The summed E-state index contributed by atoms with van der Waals surface area (Å²) >= 11 is 0. The van der Waals surface area contributed by atoms with Crippen molar-refractivity contribution in [3.05, 3.63) is 29.6 Å². The Morgan fingerprint density at radius 2 is 1.85 bits per heavy atom. The predicted octanol–water partition coefficient (Wildman–Crippen LogP) is 1.38. The molecule has 1 aliphatic rings. The average molecular weight is 185 g/mol. The van der Waals surface area contributed by atoms with E-state index in [4.69, 9.17) is 5.11 Å². The molecule has 0 amide bonds. The number of halogens is 2. The second-order valence-electron chi connectivity index (χ2n) is 3.42. The van der Waals surface area contributed by atoms with Crippen LogP contribution >= 0.6 is 0 Å². The van der Waals surface area contributed by atoms with Crippen molar-refractivity contribution in [2.75, 3.05) is 6.61 Å². The normalized spacial score (nSPS) is 18.7. The van der Waals surface area contributed by atoms with Gasteiger partial charge in [0.1, 0.15) is 11.6 Å². The first-order valence-electron chi connectivity index (χ1n) is 4.10. The van der Waals surface area contributed by atoms with Crippen LogP contribution in [-0.4, -0.2) is 16.7 Å². The largest absolute Gasteiger partial charge is 0.395 e. The van der Waals surface area contributed by atoms with Crippen molar-refractivity contribution in [1.82, 2.24) is 4.98 Å². The van der Waals surface area contributed by atoms with Crippen molar-refractivity contribution in [3.8, 4) is 0 Å². The van der Waals surface area contributed by atoms with Gasteiger partial charge in [0.15, 0.2) is 0 Å². The molecule has 0 saturated heterocycles. The molecule has 2 nitrogen and oxygen atoms in total. The van der Waals surface area contributed by atoms with Crippen molar-refractivity contribution in [2.45, 2.75) is 18.3 Å². The third-order valence-electron chi connectivity index (χ3n) is 2.54. The minimum atomic E-state index is -0.670. The Kier molecular flexibility index (Phi) is 1.80. The van der Waals surface area contributed by atoms with Crippen LogP contribution in [0, 0.1) is 11.6 Å². The molecule has 1 aromatic rings. The third-order valence-corrected chi connectivity index (χ3v) is 2.54. The van der Waals surface area contributed by atoms with E-state index >= 15 is 0 Å². The van der Waals surface area contributed by atoms with E-state index < -0.39 is 17.0 Å². The second-order valence-corrected chi connectivity index (χ2v) is 3.42. The first kappa shape index (κ1) is 8.56. The van der Waals surface area contributed by atoms with E-state index in [1.54, 1.807) is 0 Å². The topological polar surface area (TPSA) is 33.1 Å². The Morgan fingerprint density at radius 1 is 1.31 bits per heavy atom. The highest BCUT2D eigenvalue weighted by Crippen LogP contribution is 2.49. The average Bonchev–Trinajstić information content (AvgIpc) is 2.85. The summed E-state index contributed by atoms with van der Waals surface area (Å²) in [5, 5.41) is 9.01. The molecule has 0 unspecified atom stereocenters. The molecule has 0 atom stereocenters. The Hall–Kier alpha value is -1.03. The molecule has 2 rings (SSSR count). The summed E-state index contributed by atoms with van der Waals surface area (Å²) in [5.41, 5.74) is -0.679. The molecule has 0 radical (unpaired) electrons. The van der Waals surface area contributed by atoms with Gasteiger partial charge in [0.25, 0.3) is 0 Å². The zero-order valence-electron chi connectivity index (χ0n) is 6.93. The lowest BCUT2D eigenvalue weighted by atomic mass is 9.97. The zero-order valence-corrected chi connectivity index (χ0v) is 6.93. The molecule has 0 aromatic carbocycles. The highest BCUT2D eigenvalue weighted by Gasteiger charge is 2.47. The molecule has 70 valence electrons. The quantitative estimate of drug-likeness (QED) is 0.755. The Morgan fingerprint density at radius 3 is 2.23 bits per heavy atom. The summed E-state index contributed by atoms with van der Waals surface area (Å²) in [7, 11) is 0. The van der Waals surface area contributed by atoms with Gasteiger partial charge in [-0.3, -0.25) is 4.98 Å². The number of pyridine rings is 1. The summed E-state index contributed by atoms with van der Waals surface area (Å²) in [4.78, 5) is 3.39. The number of nitrogens with zero attached hydrogens (tertiary/aromatic N) is 1. The van der Waals surface area contributed by atoms with Crippen LogP contribution in [0.1, 0.15) is 18.4 Å². The fraction of sp³-hybridized carbons (Fsp3) is 0.444. The van der Waals surface area contributed by atoms with Crippen LogP contribution in [0.3, 0.4) is 0 Å². The van der Waals surface area contributed by atoms with Gasteiger partial charge in [-0.05, 0) is 12.8 Å². The molecule has 0 bridgehead atoms. The maximum Gasteiger partial charge on any atom is 0.148 e. The number of hydrogen-bond acceptors (Lipinski definition) is 2. The Labute approximate surface area is 74.2 Å². The minimum absolute atomic E-state index is 0.00926. The fourth-order valence-electron chi connectivity index (χ4n) is 1.56. The van der Waals surface area contributed by atoms with E-state index in [2.05, 4.69) is 4.98 Å². The van der Waals surface area contributed by atoms with Gasteiger partial charge in [0.2, 0.25) is 0 Å². The van der Waals surface area contributed by atoms with Crippen LogP contribution < -0.4 is 0 Å². The van der Waals surface area contributed by atoms with Gasteiger partial charge in [-0.25, -0.2) is 8.78 Å². The van der Waals surface area contributed by atoms with E-state index in [9.17, 15) is 8.78 Å². The molecular formula is C9H9F2NO.